The molecule has 0 amide bonds. The van der Waals surface area contributed by atoms with Crippen LogP contribution in [0.4, 0.5) is 0 Å². The van der Waals surface area contributed by atoms with E-state index in [-0.39, 0.29) is 18.8 Å². The Labute approximate surface area is 281 Å². The van der Waals surface area contributed by atoms with Gasteiger partial charge in [0.05, 0.1) is 39.5 Å². The van der Waals surface area contributed by atoms with E-state index in [1.165, 1.54) is 15.9 Å². The number of aromatic nitrogens is 1. The highest BCUT2D eigenvalue weighted by Crippen LogP contribution is 2.35. The van der Waals surface area contributed by atoms with E-state index in [2.05, 4.69) is 20.9 Å². The third kappa shape index (κ3) is 6.77. The smallest absolute Gasteiger partial charge is 0.338 e. The molecule has 0 fully saturated rings. The van der Waals surface area contributed by atoms with Crippen molar-refractivity contribution in [3.8, 4) is 11.5 Å². The number of hydrogen-bond acceptors (Lipinski definition) is 7. The van der Waals surface area contributed by atoms with Crippen molar-refractivity contribution in [2.75, 3.05) is 13.2 Å². The number of nitrogens with zero attached hydrogens (tertiary/aromatic N) is 2. The fourth-order valence-electron chi connectivity index (χ4n) is 4.79. The number of hydrogen-bond donors (Lipinski definition) is 0. The highest BCUT2D eigenvalue weighted by atomic mass is 79.9. The Kier molecular flexibility index (Phi) is 10.2. The molecule has 5 rings (SSSR count). The van der Waals surface area contributed by atoms with Crippen molar-refractivity contribution in [2.24, 2.45) is 4.99 Å². The van der Waals surface area contributed by atoms with Crippen LogP contribution in [0.5, 0.6) is 11.5 Å². The van der Waals surface area contributed by atoms with E-state index < -0.39 is 12.0 Å². The fourth-order valence-corrected chi connectivity index (χ4v) is 7.24. The summed E-state index contributed by atoms with van der Waals surface area (Å²) in [6, 6.07) is 15.1. The molecule has 228 valence electrons. The van der Waals surface area contributed by atoms with E-state index in [0.29, 0.717) is 69.4 Å². The molecule has 0 unspecified atom stereocenters. The van der Waals surface area contributed by atoms with Crippen molar-refractivity contribution in [3.63, 3.8) is 0 Å². The van der Waals surface area contributed by atoms with E-state index in [1.807, 2.05) is 31.2 Å². The predicted octanol–water partition coefficient (Wildman–Crippen LogP) is 7.50. The molecule has 44 heavy (non-hydrogen) atoms. The molecular weight excluding hydrogens is 711 g/mol. The average molecular weight is 737 g/mol. The number of allylic oxidation sites excluding steroid dienone is 1. The van der Waals surface area contributed by atoms with E-state index in [9.17, 15) is 9.59 Å². The highest BCUT2D eigenvalue weighted by Gasteiger charge is 2.33. The standard InChI is InChI=1S/C32H26BrCl3N2O5S/c1-4-41-23-10-7-18(8-11-23)28-27(31(40)42-5-2)17(3)37-32-38(28)30(39)26(44-32)13-20-12-22(35)14-24(33)29(20)43-16-19-6-9-21(34)15-25(19)36/h6-15,28H,4-5,16H2,1-3H3/b26-13-/t28-/m1/s1. The molecule has 1 aromatic heterocycles. The number of benzene rings is 3. The Balaban J connectivity index is 1.63. The second-order valence-corrected chi connectivity index (χ2v) is 12.8. The molecule has 0 radical (unpaired) electrons. The Morgan fingerprint density at radius 3 is 2.45 bits per heavy atom. The van der Waals surface area contributed by atoms with Crippen LogP contribution < -0.4 is 24.4 Å². The molecule has 3 aromatic carbocycles. The number of ether oxygens (including phenoxy) is 3. The summed E-state index contributed by atoms with van der Waals surface area (Å²) in [4.78, 5) is 32.4. The lowest BCUT2D eigenvalue weighted by Crippen LogP contribution is -2.39. The molecule has 4 aromatic rings. The van der Waals surface area contributed by atoms with Crippen molar-refractivity contribution in [3.05, 3.63) is 122 Å². The predicted molar refractivity (Wildman–Crippen MR) is 178 cm³/mol. The molecule has 7 nitrogen and oxygen atoms in total. The monoisotopic (exact) mass is 734 g/mol. The lowest BCUT2D eigenvalue weighted by Gasteiger charge is -2.24. The summed E-state index contributed by atoms with van der Waals surface area (Å²) >= 11 is 23.6. The van der Waals surface area contributed by atoms with Crippen molar-refractivity contribution < 1.29 is 19.0 Å². The maximum absolute atomic E-state index is 14.1. The minimum Gasteiger partial charge on any atom is -0.494 e. The SMILES string of the molecule is CCOC(=O)C1=C(C)N=c2s/c(=C\c3cc(Cl)cc(Br)c3OCc3ccc(Cl)cc3Cl)c(=O)n2[C@@H]1c1ccc(OCC)cc1. The molecule has 1 aliphatic heterocycles. The molecule has 0 aliphatic carbocycles. The average Bonchev–Trinajstić information content (AvgIpc) is 3.27. The zero-order chi connectivity index (χ0) is 31.5. The first-order chi connectivity index (χ1) is 21.1. The van der Waals surface area contributed by atoms with E-state index >= 15 is 0 Å². The molecule has 0 bridgehead atoms. The van der Waals surface area contributed by atoms with Gasteiger partial charge in [0.25, 0.3) is 5.56 Å². The first-order valence-electron chi connectivity index (χ1n) is 13.6. The first-order valence-corrected chi connectivity index (χ1v) is 16.3. The topological polar surface area (TPSA) is 79.1 Å². The Bertz CT molecular complexity index is 1950. The molecule has 12 heteroatoms. The summed E-state index contributed by atoms with van der Waals surface area (Å²) in [5.41, 5.74) is 2.46. The maximum atomic E-state index is 14.1. The molecule has 2 heterocycles. The van der Waals surface area contributed by atoms with Gasteiger partial charge in [-0.3, -0.25) is 9.36 Å². The number of thiazole rings is 1. The van der Waals surface area contributed by atoms with Crippen molar-refractivity contribution in [1.82, 2.24) is 4.57 Å². The molecule has 0 spiro atoms. The van der Waals surface area contributed by atoms with Gasteiger partial charge in [0, 0.05) is 26.2 Å². The van der Waals surface area contributed by atoms with Gasteiger partial charge in [-0.05, 0) is 84.7 Å². The summed E-state index contributed by atoms with van der Waals surface area (Å²) in [5.74, 6) is 0.621. The van der Waals surface area contributed by atoms with Crippen LogP contribution in [-0.2, 0) is 16.1 Å². The van der Waals surface area contributed by atoms with Gasteiger partial charge in [0.1, 0.15) is 18.1 Å². The number of halogens is 4. The number of fused-ring (bicyclic) bond motifs is 1. The van der Waals surface area contributed by atoms with E-state index in [4.69, 9.17) is 49.0 Å². The summed E-state index contributed by atoms with van der Waals surface area (Å²) in [6.07, 6.45) is 1.71. The number of esters is 1. The lowest BCUT2D eigenvalue weighted by atomic mass is 9.96. The van der Waals surface area contributed by atoms with Crippen LogP contribution in [0.1, 0.15) is 43.5 Å². The van der Waals surface area contributed by atoms with Crippen molar-refractivity contribution in [2.45, 2.75) is 33.4 Å². The Hall–Kier alpha value is -3.08. The van der Waals surface area contributed by atoms with Gasteiger partial charge < -0.3 is 14.2 Å². The third-order valence-corrected chi connectivity index (χ3v) is 9.11. The van der Waals surface area contributed by atoms with Crippen LogP contribution in [0.25, 0.3) is 6.08 Å². The van der Waals surface area contributed by atoms with E-state index in [1.54, 1.807) is 50.3 Å². The second kappa shape index (κ2) is 13.9. The van der Waals surface area contributed by atoms with Crippen LogP contribution in [-0.4, -0.2) is 23.8 Å². The van der Waals surface area contributed by atoms with Crippen LogP contribution in [0, 0.1) is 0 Å². The van der Waals surface area contributed by atoms with Crippen LogP contribution in [0.3, 0.4) is 0 Å². The third-order valence-electron chi connectivity index (χ3n) is 6.73. The molecule has 0 saturated heterocycles. The molecule has 0 saturated carbocycles. The summed E-state index contributed by atoms with van der Waals surface area (Å²) in [7, 11) is 0. The van der Waals surface area contributed by atoms with Gasteiger partial charge >= 0.3 is 5.97 Å². The largest absolute Gasteiger partial charge is 0.494 e. The van der Waals surface area contributed by atoms with Crippen LogP contribution >= 0.6 is 62.1 Å². The lowest BCUT2D eigenvalue weighted by molar-refractivity contribution is -0.139. The van der Waals surface area contributed by atoms with Gasteiger partial charge in [-0.2, -0.15) is 0 Å². The minimum absolute atomic E-state index is 0.151. The van der Waals surface area contributed by atoms with Crippen molar-refractivity contribution in [1.29, 1.82) is 0 Å². The van der Waals surface area contributed by atoms with E-state index in [0.717, 1.165) is 5.56 Å². The second-order valence-electron chi connectivity index (χ2n) is 9.63. The van der Waals surface area contributed by atoms with Crippen LogP contribution in [0.2, 0.25) is 15.1 Å². The van der Waals surface area contributed by atoms with Gasteiger partial charge in [0.2, 0.25) is 0 Å². The van der Waals surface area contributed by atoms with Gasteiger partial charge in [-0.1, -0.05) is 64.3 Å². The maximum Gasteiger partial charge on any atom is 0.338 e. The number of carbonyl (C=O) groups excluding carboxylic acids is 1. The fraction of sp³-hybridized carbons (Fsp3) is 0.219. The first kappa shape index (κ1) is 32.3. The van der Waals surface area contributed by atoms with Gasteiger partial charge in [0.15, 0.2) is 4.80 Å². The number of rotatable bonds is 9. The van der Waals surface area contributed by atoms with Crippen LogP contribution in [0.15, 0.2) is 80.1 Å². The Morgan fingerprint density at radius 1 is 1.02 bits per heavy atom. The molecule has 1 atom stereocenters. The van der Waals surface area contributed by atoms with Gasteiger partial charge in [-0.15, -0.1) is 0 Å². The quantitative estimate of drug-likeness (QED) is 0.167. The minimum atomic E-state index is -0.753. The summed E-state index contributed by atoms with van der Waals surface area (Å²) in [5, 5.41) is 1.44. The van der Waals surface area contributed by atoms with Crippen molar-refractivity contribution >= 4 is 74.1 Å². The molecule has 1 aliphatic rings. The molecule has 0 N–H and O–H groups in total. The van der Waals surface area contributed by atoms with Gasteiger partial charge in [-0.25, -0.2) is 9.79 Å². The zero-order valence-electron chi connectivity index (χ0n) is 23.8. The highest BCUT2D eigenvalue weighted by molar-refractivity contribution is 9.10. The number of carbonyl (C=O) groups is 1. The summed E-state index contributed by atoms with van der Waals surface area (Å²) < 4.78 is 19.7. The molecular formula is C32H26BrCl3N2O5S. The zero-order valence-corrected chi connectivity index (χ0v) is 28.5. The Morgan fingerprint density at radius 2 is 1.77 bits per heavy atom. The normalized spacial score (nSPS) is 14.7. The summed E-state index contributed by atoms with van der Waals surface area (Å²) in [6.45, 7) is 6.23.